The van der Waals surface area contributed by atoms with Gasteiger partial charge in [-0.15, -0.1) is 0 Å². The van der Waals surface area contributed by atoms with Crippen LogP contribution < -0.4 is 15.8 Å². The predicted octanol–water partition coefficient (Wildman–Crippen LogP) is 2.93. The van der Waals surface area contributed by atoms with Crippen LogP contribution in [0.1, 0.15) is 16.8 Å². The van der Waals surface area contributed by atoms with E-state index in [1.54, 1.807) is 64.4 Å². The molecule has 0 aliphatic carbocycles. The van der Waals surface area contributed by atoms with Crippen molar-refractivity contribution in [1.82, 2.24) is 25.0 Å². The van der Waals surface area contributed by atoms with Crippen LogP contribution in [0.25, 0.3) is 21.9 Å². The molecular weight excluding hydrogens is 448 g/mol. The first-order chi connectivity index (χ1) is 16.9. The molecule has 4 aromatic rings. The van der Waals surface area contributed by atoms with E-state index in [9.17, 15) is 14.7 Å². The number of nitrogens with one attached hydrogen (secondary N) is 1. The lowest BCUT2D eigenvalue weighted by Gasteiger charge is -2.17. The van der Waals surface area contributed by atoms with E-state index in [0.717, 1.165) is 21.9 Å². The molecule has 4 N–H and O–H groups in total. The molecule has 10 nitrogen and oxygen atoms in total. The van der Waals surface area contributed by atoms with Gasteiger partial charge in [0.05, 0.1) is 11.8 Å². The van der Waals surface area contributed by atoms with Gasteiger partial charge in [-0.2, -0.15) is 5.10 Å². The topological polar surface area (TPSA) is 136 Å². The summed E-state index contributed by atoms with van der Waals surface area (Å²) < 4.78 is 7.20. The molecular formula is C25H24N6O4. The third-order valence-electron chi connectivity index (χ3n) is 5.98. The van der Waals surface area contributed by atoms with Crippen LogP contribution in [0, 0.1) is 0 Å². The van der Waals surface area contributed by atoms with Gasteiger partial charge in [-0.25, -0.2) is 9.78 Å². The number of nitrogen functional groups attached to an aromatic ring is 1. The second-order valence-electron chi connectivity index (χ2n) is 8.53. The summed E-state index contributed by atoms with van der Waals surface area (Å²) in [6.45, 7) is 0.774. The largest absolute Gasteiger partial charge is 0.508 e. The quantitative estimate of drug-likeness (QED) is 0.415. The highest BCUT2D eigenvalue weighted by Gasteiger charge is 2.29. The number of aromatic hydroxyl groups is 1. The van der Waals surface area contributed by atoms with E-state index in [1.165, 1.54) is 0 Å². The summed E-state index contributed by atoms with van der Waals surface area (Å²) in [7, 11) is 1.81. The Morgan fingerprint density at radius 1 is 1.11 bits per heavy atom. The van der Waals surface area contributed by atoms with Crippen molar-refractivity contribution >= 4 is 28.6 Å². The Kier molecular flexibility index (Phi) is 5.69. The molecule has 1 atom stereocenters. The molecule has 1 aliphatic rings. The van der Waals surface area contributed by atoms with Gasteiger partial charge in [0.1, 0.15) is 17.3 Å². The summed E-state index contributed by atoms with van der Waals surface area (Å²) in [5.41, 5.74) is 7.80. The van der Waals surface area contributed by atoms with Crippen molar-refractivity contribution in [3.05, 3.63) is 66.6 Å². The number of fused-ring (bicyclic) bond motifs is 1. The molecule has 1 aliphatic heterocycles. The number of pyridine rings is 1. The molecule has 2 aromatic carbocycles. The van der Waals surface area contributed by atoms with Crippen molar-refractivity contribution in [3.8, 4) is 22.6 Å². The molecule has 1 fully saturated rings. The fourth-order valence-corrected chi connectivity index (χ4v) is 4.13. The molecule has 3 heterocycles. The van der Waals surface area contributed by atoms with Crippen molar-refractivity contribution in [2.75, 3.05) is 18.8 Å². The number of ether oxygens (including phenoxy) is 1. The lowest BCUT2D eigenvalue weighted by molar-refractivity contribution is 0.0937. The van der Waals surface area contributed by atoms with Crippen molar-refractivity contribution < 1.29 is 19.4 Å². The number of phenols is 1. The van der Waals surface area contributed by atoms with E-state index in [2.05, 4.69) is 15.4 Å². The number of aromatic nitrogens is 3. The fourth-order valence-electron chi connectivity index (χ4n) is 4.13. The van der Waals surface area contributed by atoms with Gasteiger partial charge in [0, 0.05) is 49.7 Å². The summed E-state index contributed by atoms with van der Waals surface area (Å²) in [5, 5.41) is 18.4. The minimum Gasteiger partial charge on any atom is -0.508 e. The van der Waals surface area contributed by atoms with Gasteiger partial charge in [-0.05, 0) is 47.5 Å². The summed E-state index contributed by atoms with van der Waals surface area (Å²) >= 11 is 0. The maximum absolute atomic E-state index is 12.9. The third kappa shape index (κ3) is 4.72. The number of amides is 2. The maximum atomic E-state index is 12.9. The zero-order chi connectivity index (χ0) is 24.5. The van der Waals surface area contributed by atoms with Crippen LogP contribution >= 0.6 is 0 Å². The van der Waals surface area contributed by atoms with Gasteiger partial charge in [0.25, 0.3) is 5.91 Å². The van der Waals surface area contributed by atoms with Crippen molar-refractivity contribution in [1.29, 1.82) is 0 Å². The van der Waals surface area contributed by atoms with E-state index < -0.39 is 6.09 Å². The van der Waals surface area contributed by atoms with E-state index in [1.807, 2.05) is 13.2 Å². The molecule has 1 saturated heterocycles. The molecule has 2 aromatic heterocycles. The van der Waals surface area contributed by atoms with Crippen LogP contribution in [0.4, 0.5) is 10.6 Å². The number of likely N-dealkylation sites (tertiary alicyclic amines) is 1. The van der Waals surface area contributed by atoms with Crippen molar-refractivity contribution in [3.63, 3.8) is 0 Å². The van der Waals surface area contributed by atoms with E-state index in [4.69, 9.17) is 10.5 Å². The van der Waals surface area contributed by atoms with Crippen LogP contribution in [0.3, 0.4) is 0 Å². The van der Waals surface area contributed by atoms with Crippen molar-refractivity contribution in [2.24, 2.45) is 7.05 Å². The number of rotatable bonds is 4. The van der Waals surface area contributed by atoms with Gasteiger partial charge < -0.3 is 25.8 Å². The number of anilines is 1. The monoisotopic (exact) mass is 472 g/mol. The molecule has 35 heavy (non-hydrogen) atoms. The second kappa shape index (κ2) is 8.98. The number of benzene rings is 2. The normalized spacial score (nSPS) is 15.3. The molecule has 10 heteroatoms. The Morgan fingerprint density at radius 2 is 1.91 bits per heavy atom. The summed E-state index contributed by atoms with van der Waals surface area (Å²) in [6.07, 6.45) is 5.22. The van der Waals surface area contributed by atoms with Gasteiger partial charge in [0.2, 0.25) is 0 Å². The van der Waals surface area contributed by atoms with Crippen LogP contribution in [0.15, 0.2) is 61.1 Å². The van der Waals surface area contributed by atoms with Crippen LogP contribution in [0.2, 0.25) is 0 Å². The number of aryl methyl sites for hydroxylation is 1. The number of nitrogens with zero attached hydrogens (tertiary/aromatic N) is 4. The van der Waals surface area contributed by atoms with Gasteiger partial charge in [-0.1, -0.05) is 12.1 Å². The highest BCUT2D eigenvalue weighted by molar-refractivity contribution is 5.99. The Labute approximate surface area is 200 Å². The Bertz CT molecular complexity index is 1430. The number of carbonyl (C=O) groups is 2. The molecule has 0 saturated carbocycles. The Balaban J connectivity index is 1.22. The average molecular weight is 473 g/mol. The SMILES string of the molecule is Cn1cc(-c2cnc(N)c(C(=O)N[C@@H]3CCN(C(=O)Oc4ccc5cc(O)ccc5c4)C3)c2)cn1. The predicted molar refractivity (Wildman–Crippen MR) is 130 cm³/mol. The average Bonchev–Trinajstić information content (AvgIpc) is 3.48. The zero-order valence-electron chi connectivity index (χ0n) is 19.0. The van der Waals surface area contributed by atoms with Crippen LogP contribution in [-0.2, 0) is 7.05 Å². The number of carbonyl (C=O) groups excluding carboxylic acids is 2. The molecule has 0 radical (unpaired) electrons. The first-order valence-corrected chi connectivity index (χ1v) is 11.1. The summed E-state index contributed by atoms with van der Waals surface area (Å²) in [4.78, 5) is 31.3. The number of nitrogens with two attached hydrogens (primary N) is 1. The van der Waals surface area contributed by atoms with Crippen LogP contribution in [0.5, 0.6) is 11.5 Å². The second-order valence-corrected chi connectivity index (χ2v) is 8.53. The number of hydrogen-bond donors (Lipinski definition) is 3. The van der Waals surface area contributed by atoms with Crippen molar-refractivity contribution in [2.45, 2.75) is 12.5 Å². The lowest BCUT2D eigenvalue weighted by atomic mass is 10.1. The molecule has 0 unspecified atom stereocenters. The van der Waals surface area contributed by atoms with Gasteiger partial charge >= 0.3 is 6.09 Å². The first-order valence-electron chi connectivity index (χ1n) is 11.1. The number of hydrogen-bond acceptors (Lipinski definition) is 7. The molecule has 0 bridgehead atoms. The molecule has 178 valence electrons. The fraction of sp³-hybridized carbons (Fsp3) is 0.200. The zero-order valence-corrected chi connectivity index (χ0v) is 19.0. The Morgan fingerprint density at radius 3 is 2.71 bits per heavy atom. The van der Waals surface area contributed by atoms with Gasteiger partial charge in [0.15, 0.2) is 0 Å². The summed E-state index contributed by atoms with van der Waals surface area (Å²) in [5.74, 6) is 0.369. The standard InChI is InChI=1S/C25H24N6O4/c1-30-13-18(12-28-30)17-10-22(23(26)27-11-17)24(33)29-19-6-7-31(14-19)25(34)35-21-5-3-15-8-20(32)4-2-16(15)9-21/h2-5,8-13,19,32H,6-7,14H2,1H3,(H2,26,27)(H,29,33)/t19-/m1/s1. The minimum atomic E-state index is -0.486. The third-order valence-corrected chi connectivity index (χ3v) is 5.98. The minimum absolute atomic E-state index is 0.133. The van der Waals surface area contributed by atoms with Gasteiger partial charge in [-0.3, -0.25) is 9.48 Å². The maximum Gasteiger partial charge on any atom is 0.415 e. The smallest absolute Gasteiger partial charge is 0.415 e. The first kappa shape index (κ1) is 22.2. The molecule has 0 spiro atoms. The highest BCUT2D eigenvalue weighted by atomic mass is 16.6. The van der Waals surface area contributed by atoms with E-state index in [0.29, 0.717) is 25.3 Å². The summed E-state index contributed by atoms with van der Waals surface area (Å²) in [6, 6.07) is 11.6. The number of phenolic OH excluding ortho intramolecular Hbond substituents is 1. The van der Waals surface area contributed by atoms with E-state index in [-0.39, 0.29) is 29.1 Å². The highest BCUT2D eigenvalue weighted by Crippen LogP contribution is 2.25. The molecule has 5 rings (SSSR count). The van der Waals surface area contributed by atoms with E-state index >= 15 is 0 Å². The Hall–Kier alpha value is -4.60. The lowest BCUT2D eigenvalue weighted by Crippen LogP contribution is -2.39. The molecule has 2 amide bonds. The van der Waals surface area contributed by atoms with Crippen LogP contribution in [-0.4, -0.2) is 55.9 Å².